The minimum Gasteiger partial charge on any atom is -0.396 e. The summed E-state index contributed by atoms with van der Waals surface area (Å²) >= 11 is 0. The predicted octanol–water partition coefficient (Wildman–Crippen LogP) is 3.63. The molecule has 1 heteroatoms. The normalized spacial score (nSPS) is 41.1. The third-order valence-electron chi connectivity index (χ3n) is 5.04. The van der Waals surface area contributed by atoms with E-state index in [2.05, 4.69) is 26.8 Å². The van der Waals surface area contributed by atoms with Gasteiger partial charge in [0.2, 0.25) is 0 Å². The van der Waals surface area contributed by atoms with Gasteiger partial charge in [-0.2, -0.15) is 0 Å². The Morgan fingerprint density at radius 3 is 2.81 bits per heavy atom. The summed E-state index contributed by atoms with van der Waals surface area (Å²) in [7, 11) is 0. The Hall–Kier alpha value is -0.300. The van der Waals surface area contributed by atoms with Gasteiger partial charge in [-0.25, -0.2) is 0 Å². The summed E-state index contributed by atoms with van der Waals surface area (Å²) < 4.78 is 0. The van der Waals surface area contributed by atoms with Crippen molar-refractivity contribution in [3.8, 4) is 0 Å². The monoisotopic (exact) mass is 222 g/mol. The van der Waals surface area contributed by atoms with Gasteiger partial charge in [-0.15, -0.1) is 0 Å². The van der Waals surface area contributed by atoms with Crippen LogP contribution >= 0.6 is 0 Å². The number of fused-ring (bicyclic) bond motifs is 1. The Kier molecular flexibility index (Phi) is 3.73. The number of hydrogen-bond donors (Lipinski definition) is 1. The Balaban J connectivity index is 2.18. The van der Waals surface area contributed by atoms with Crippen LogP contribution in [-0.2, 0) is 0 Å². The van der Waals surface area contributed by atoms with Gasteiger partial charge in [0.25, 0.3) is 0 Å². The number of aliphatic hydroxyl groups excluding tert-OH is 1. The number of aliphatic hydroxyl groups is 1. The average molecular weight is 222 g/mol. The van der Waals surface area contributed by atoms with Crippen molar-refractivity contribution in [1.29, 1.82) is 0 Å². The van der Waals surface area contributed by atoms with E-state index in [0.717, 1.165) is 23.7 Å². The van der Waals surface area contributed by atoms with E-state index in [9.17, 15) is 5.11 Å². The van der Waals surface area contributed by atoms with Gasteiger partial charge < -0.3 is 5.11 Å². The molecule has 0 heterocycles. The maximum atomic E-state index is 9.39. The first-order chi connectivity index (χ1) is 7.63. The molecule has 0 unspecified atom stereocenters. The zero-order valence-electron chi connectivity index (χ0n) is 10.9. The fourth-order valence-corrected chi connectivity index (χ4v) is 3.89. The molecule has 1 saturated carbocycles. The summed E-state index contributed by atoms with van der Waals surface area (Å²) in [5, 5.41) is 9.39. The number of rotatable bonds is 2. The molecule has 0 aromatic rings. The van der Waals surface area contributed by atoms with Crippen LogP contribution in [0.5, 0.6) is 0 Å². The first-order valence-corrected chi connectivity index (χ1v) is 6.91. The molecule has 92 valence electrons. The van der Waals surface area contributed by atoms with Crippen molar-refractivity contribution < 1.29 is 5.11 Å². The van der Waals surface area contributed by atoms with Crippen LogP contribution in [0.15, 0.2) is 11.6 Å². The van der Waals surface area contributed by atoms with E-state index in [0.29, 0.717) is 12.5 Å². The second-order valence-electron chi connectivity index (χ2n) is 6.17. The standard InChI is InChI=1S/C15H26O/c1-10-4-6-13-11(2)5-7-14(12(3)9-16)15(13)8-10/h8,11-16H,4-7,9H2,1-3H3/t11-,12+,13+,14+,15-/m1/s1. The van der Waals surface area contributed by atoms with Crippen molar-refractivity contribution in [2.75, 3.05) is 6.61 Å². The number of hydrogen-bond acceptors (Lipinski definition) is 1. The van der Waals surface area contributed by atoms with Crippen LogP contribution in [0.2, 0.25) is 0 Å². The minimum absolute atomic E-state index is 0.356. The van der Waals surface area contributed by atoms with Crippen LogP contribution in [0.25, 0.3) is 0 Å². The van der Waals surface area contributed by atoms with Gasteiger partial charge in [0.15, 0.2) is 0 Å². The lowest BCUT2D eigenvalue weighted by Crippen LogP contribution is -2.38. The van der Waals surface area contributed by atoms with Crippen molar-refractivity contribution in [1.82, 2.24) is 0 Å². The van der Waals surface area contributed by atoms with Crippen LogP contribution in [0.4, 0.5) is 0 Å². The highest BCUT2D eigenvalue weighted by Crippen LogP contribution is 2.47. The van der Waals surface area contributed by atoms with E-state index in [1.807, 2.05) is 0 Å². The topological polar surface area (TPSA) is 20.2 Å². The third-order valence-corrected chi connectivity index (χ3v) is 5.04. The van der Waals surface area contributed by atoms with Crippen molar-refractivity contribution >= 4 is 0 Å². The van der Waals surface area contributed by atoms with Crippen LogP contribution in [-0.4, -0.2) is 11.7 Å². The molecular weight excluding hydrogens is 196 g/mol. The zero-order valence-corrected chi connectivity index (χ0v) is 10.9. The molecule has 2 rings (SSSR count). The second kappa shape index (κ2) is 4.91. The third kappa shape index (κ3) is 2.20. The molecule has 1 N–H and O–H groups in total. The van der Waals surface area contributed by atoms with Gasteiger partial charge in [-0.1, -0.05) is 31.9 Å². The molecule has 5 atom stereocenters. The Labute approximate surface area is 99.9 Å². The largest absolute Gasteiger partial charge is 0.396 e. The van der Waals surface area contributed by atoms with E-state index in [1.54, 1.807) is 5.57 Å². The molecule has 0 aromatic carbocycles. The van der Waals surface area contributed by atoms with Crippen molar-refractivity contribution in [2.45, 2.75) is 46.5 Å². The zero-order chi connectivity index (χ0) is 11.7. The van der Waals surface area contributed by atoms with E-state index in [1.165, 1.54) is 25.7 Å². The van der Waals surface area contributed by atoms with E-state index in [4.69, 9.17) is 0 Å². The van der Waals surface area contributed by atoms with Crippen molar-refractivity contribution in [3.63, 3.8) is 0 Å². The van der Waals surface area contributed by atoms with E-state index >= 15 is 0 Å². The van der Waals surface area contributed by atoms with Crippen molar-refractivity contribution in [3.05, 3.63) is 11.6 Å². The van der Waals surface area contributed by atoms with E-state index < -0.39 is 0 Å². The fraction of sp³-hybridized carbons (Fsp3) is 0.867. The summed E-state index contributed by atoms with van der Waals surface area (Å²) in [6.45, 7) is 7.27. The predicted molar refractivity (Wildman–Crippen MR) is 68.1 cm³/mol. The van der Waals surface area contributed by atoms with Crippen molar-refractivity contribution in [2.24, 2.45) is 29.6 Å². The molecule has 2 aliphatic carbocycles. The maximum Gasteiger partial charge on any atom is 0.0459 e. The highest BCUT2D eigenvalue weighted by Gasteiger charge is 2.39. The highest BCUT2D eigenvalue weighted by atomic mass is 16.3. The molecule has 16 heavy (non-hydrogen) atoms. The van der Waals surface area contributed by atoms with Crippen LogP contribution in [0.3, 0.4) is 0 Å². The highest BCUT2D eigenvalue weighted by molar-refractivity contribution is 5.11. The molecule has 0 aliphatic heterocycles. The first-order valence-electron chi connectivity index (χ1n) is 6.91. The quantitative estimate of drug-likeness (QED) is 0.707. The SMILES string of the molecule is CC1=C[C@@H]2[C@@H](CC1)[C@H](C)CC[C@H]2[C@@H](C)CO. The maximum absolute atomic E-state index is 9.39. The molecule has 1 fully saturated rings. The number of allylic oxidation sites excluding steroid dienone is 2. The molecule has 0 radical (unpaired) electrons. The second-order valence-corrected chi connectivity index (χ2v) is 6.17. The molecular formula is C15H26O. The van der Waals surface area contributed by atoms with Crippen LogP contribution in [0.1, 0.15) is 46.5 Å². The van der Waals surface area contributed by atoms with Gasteiger partial charge in [0.1, 0.15) is 0 Å². The van der Waals surface area contributed by atoms with Gasteiger partial charge in [-0.05, 0) is 55.8 Å². The Morgan fingerprint density at radius 2 is 2.12 bits per heavy atom. The molecule has 0 bridgehead atoms. The molecule has 0 spiro atoms. The summed E-state index contributed by atoms with van der Waals surface area (Å²) in [5.74, 6) is 3.72. The average Bonchev–Trinajstić information content (AvgIpc) is 2.28. The summed E-state index contributed by atoms with van der Waals surface area (Å²) in [5.41, 5.74) is 1.57. The first kappa shape index (κ1) is 12.2. The Morgan fingerprint density at radius 1 is 1.38 bits per heavy atom. The lowest BCUT2D eigenvalue weighted by atomic mass is 9.60. The lowest BCUT2D eigenvalue weighted by molar-refractivity contribution is 0.0590. The van der Waals surface area contributed by atoms with Gasteiger partial charge in [-0.3, -0.25) is 0 Å². The van der Waals surface area contributed by atoms with Gasteiger partial charge >= 0.3 is 0 Å². The molecule has 2 aliphatic rings. The van der Waals surface area contributed by atoms with E-state index in [-0.39, 0.29) is 0 Å². The summed E-state index contributed by atoms with van der Waals surface area (Å²) in [4.78, 5) is 0. The Bertz CT molecular complexity index is 269. The van der Waals surface area contributed by atoms with Gasteiger partial charge in [0, 0.05) is 6.61 Å². The van der Waals surface area contributed by atoms with Gasteiger partial charge in [0.05, 0.1) is 0 Å². The molecule has 0 amide bonds. The summed E-state index contributed by atoms with van der Waals surface area (Å²) in [6, 6.07) is 0. The molecule has 0 aromatic heterocycles. The molecule has 1 nitrogen and oxygen atoms in total. The smallest absolute Gasteiger partial charge is 0.0459 e. The fourth-order valence-electron chi connectivity index (χ4n) is 3.89. The minimum atomic E-state index is 0.356. The molecule has 0 saturated heterocycles. The van der Waals surface area contributed by atoms with Crippen LogP contribution in [0, 0.1) is 29.6 Å². The van der Waals surface area contributed by atoms with Crippen LogP contribution < -0.4 is 0 Å². The summed E-state index contributed by atoms with van der Waals surface area (Å²) in [6.07, 6.45) is 7.88. The lowest BCUT2D eigenvalue weighted by Gasteiger charge is -2.45.